The molecular weight excluding hydrogens is 268 g/mol. The summed E-state index contributed by atoms with van der Waals surface area (Å²) in [7, 11) is 0. The number of hydrogen-bond acceptors (Lipinski definition) is 1. The van der Waals surface area contributed by atoms with Crippen LogP contribution < -0.4 is 5.73 Å². The van der Waals surface area contributed by atoms with Crippen LogP contribution in [-0.2, 0) is 12.8 Å². The van der Waals surface area contributed by atoms with Gasteiger partial charge in [0.1, 0.15) is 11.6 Å². The molecule has 19 heavy (non-hydrogen) atoms. The summed E-state index contributed by atoms with van der Waals surface area (Å²) in [6.07, 6.45) is 0.888. The van der Waals surface area contributed by atoms with Gasteiger partial charge in [-0.3, -0.25) is 0 Å². The van der Waals surface area contributed by atoms with E-state index >= 15 is 0 Å². The molecule has 2 aromatic rings. The molecule has 0 aromatic heterocycles. The molecule has 0 saturated heterocycles. The zero-order chi connectivity index (χ0) is 13.8. The van der Waals surface area contributed by atoms with E-state index in [-0.39, 0.29) is 17.7 Å². The monoisotopic (exact) mass is 281 g/mol. The fraction of sp³-hybridized carbons (Fsp3) is 0.200. The molecule has 0 amide bonds. The van der Waals surface area contributed by atoms with Crippen molar-refractivity contribution < 1.29 is 8.78 Å². The molecule has 0 bridgehead atoms. The average molecular weight is 282 g/mol. The summed E-state index contributed by atoms with van der Waals surface area (Å²) in [6.45, 7) is 0. The second-order valence-electron chi connectivity index (χ2n) is 4.53. The number of hydrogen-bond donors (Lipinski definition) is 1. The maximum Gasteiger partial charge on any atom is 0.127 e. The Morgan fingerprint density at radius 2 is 1.84 bits per heavy atom. The number of nitrogens with two attached hydrogens (primary N) is 1. The van der Waals surface area contributed by atoms with Crippen LogP contribution in [0.1, 0.15) is 11.1 Å². The van der Waals surface area contributed by atoms with E-state index in [1.807, 2.05) is 0 Å². The third kappa shape index (κ3) is 4.01. The van der Waals surface area contributed by atoms with Gasteiger partial charge < -0.3 is 5.73 Å². The lowest BCUT2D eigenvalue weighted by Crippen LogP contribution is -2.26. The van der Waals surface area contributed by atoms with E-state index in [1.165, 1.54) is 18.2 Å². The van der Waals surface area contributed by atoms with Crippen molar-refractivity contribution in [2.24, 2.45) is 5.73 Å². The third-order valence-electron chi connectivity index (χ3n) is 2.88. The maximum atomic E-state index is 13.6. The quantitative estimate of drug-likeness (QED) is 0.908. The Bertz CT molecular complexity index is 572. The van der Waals surface area contributed by atoms with Crippen LogP contribution in [0, 0.1) is 11.6 Å². The van der Waals surface area contributed by atoms with Crippen LogP contribution in [-0.4, -0.2) is 6.04 Å². The molecular formula is C15H14ClF2N. The van der Waals surface area contributed by atoms with Crippen molar-refractivity contribution in [1.82, 2.24) is 0 Å². The summed E-state index contributed by atoms with van der Waals surface area (Å²) < 4.78 is 26.7. The van der Waals surface area contributed by atoms with Crippen LogP contribution in [0.15, 0.2) is 42.5 Å². The Morgan fingerprint density at radius 3 is 2.53 bits per heavy atom. The first-order valence-electron chi connectivity index (χ1n) is 5.98. The Labute approximate surface area is 116 Å². The minimum atomic E-state index is -0.359. The molecule has 0 fully saturated rings. The highest BCUT2D eigenvalue weighted by Gasteiger charge is 2.10. The standard InChI is InChI=1S/C15H14ClF2N/c16-12-5-4-11(15(18)9-12)8-14(19)7-10-2-1-3-13(17)6-10/h1-6,9,14H,7-8,19H2. The largest absolute Gasteiger partial charge is 0.327 e. The van der Waals surface area contributed by atoms with Crippen LogP contribution >= 0.6 is 11.6 Å². The van der Waals surface area contributed by atoms with E-state index in [0.717, 1.165) is 5.56 Å². The van der Waals surface area contributed by atoms with Gasteiger partial charge in [0.25, 0.3) is 0 Å². The van der Waals surface area contributed by atoms with Gasteiger partial charge in [-0.15, -0.1) is 0 Å². The van der Waals surface area contributed by atoms with E-state index < -0.39 is 0 Å². The molecule has 0 aliphatic rings. The Kier molecular flexibility index (Phi) is 4.51. The average Bonchev–Trinajstić information content (AvgIpc) is 2.33. The summed E-state index contributed by atoms with van der Waals surface area (Å²) in [5.41, 5.74) is 7.30. The number of rotatable bonds is 4. The van der Waals surface area contributed by atoms with Gasteiger partial charge >= 0.3 is 0 Å². The normalized spacial score (nSPS) is 12.4. The summed E-state index contributed by atoms with van der Waals surface area (Å²) in [5, 5.41) is 0.361. The molecule has 100 valence electrons. The second-order valence-corrected chi connectivity index (χ2v) is 4.97. The van der Waals surface area contributed by atoms with Crippen LogP contribution in [0.2, 0.25) is 5.02 Å². The fourth-order valence-electron chi connectivity index (χ4n) is 2.01. The molecule has 2 aromatic carbocycles. The van der Waals surface area contributed by atoms with E-state index in [4.69, 9.17) is 17.3 Å². The molecule has 1 atom stereocenters. The lowest BCUT2D eigenvalue weighted by Gasteiger charge is -2.12. The molecule has 0 saturated carbocycles. The Morgan fingerprint density at radius 1 is 1.05 bits per heavy atom. The van der Waals surface area contributed by atoms with Gasteiger partial charge in [-0.1, -0.05) is 29.8 Å². The van der Waals surface area contributed by atoms with Crippen molar-refractivity contribution in [3.05, 3.63) is 70.2 Å². The van der Waals surface area contributed by atoms with Crippen molar-refractivity contribution in [3.8, 4) is 0 Å². The minimum absolute atomic E-state index is 0.266. The SMILES string of the molecule is NC(Cc1cccc(F)c1)Cc1ccc(Cl)cc1F. The van der Waals surface area contributed by atoms with Crippen LogP contribution in [0.25, 0.3) is 0 Å². The Hall–Kier alpha value is -1.45. The van der Waals surface area contributed by atoms with Gasteiger partial charge in [0, 0.05) is 11.1 Å². The molecule has 1 nitrogen and oxygen atoms in total. The third-order valence-corrected chi connectivity index (χ3v) is 3.12. The van der Waals surface area contributed by atoms with Crippen molar-refractivity contribution in [3.63, 3.8) is 0 Å². The van der Waals surface area contributed by atoms with Gasteiger partial charge in [-0.25, -0.2) is 8.78 Å². The molecule has 2 rings (SSSR count). The topological polar surface area (TPSA) is 26.0 Å². The highest BCUT2D eigenvalue weighted by molar-refractivity contribution is 6.30. The lowest BCUT2D eigenvalue weighted by atomic mass is 9.99. The predicted octanol–water partition coefficient (Wildman–Crippen LogP) is 3.73. The van der Waals surface area contributed by atoms with Crippen molar-refractivity contribution >= 4 is 11.6 Å². The molecule has 1 unspecified atom stereocenters. The van der Waals surface area contributed by atoms with E-state index in [1.54, 1.807) is 24.3 Å². The highest BCUT2D eigenvalue weighted by Crippen LogP contribution is 2.17. The van der Waals surface area contributed by atoms with Gasteiger partial charge in [0.05, 0.1) is 0 Å². The van der Waals surface area contributed by atoms with Gasteiger partial charge in [0.15, 0.2) is 0 Å². The summed E-state index contributed by atoms with van der Waals surface area (Å²) in [4.78, 5) is 0. The molecule has 2 N–H and O–H groups in total. The lowest BCUT2D eigenvalue weighted by molar-refractivity contribution is 0.581. The first kappa shape index (κ1) is 14.0. The molecule has 0 spiro atoms. The molecule has 0 aliphatic heterocycles. The number of halogens is 3. The summed E-state index contributed by atoms with van der Waals surface area (Å²) >= 11 is 5.69. The molecule has 4 heteroatoms. The van der Waals surface area contributed by atoms with E-state index in [0.29, 0.717) is 23.4 Å². The van der Waals surface area contributed by atoms with Crippen molar-refractivity contribution in [1.29, 1.82) is 0 Å². The smallest absolute Gasteiger partial charge is 0.127 e. The summed E-state index contributed by atoms with van der Waals surface area (Å²) in [6, 6.07) is 10.5. The van der Waals surface area contributed by atoms with Crippen LogP contribution in [0.4, 0.5) is 8.78 Å². The van der Waals surface area contributed by atoms with Crippen LogP contribution in [0.3, 0.4) is 0 Å². The van der Waals surface area contributed by atoms with Crippen molar-refractivity contribution in [2.45, 2.75) is 18.9 Å². The Balaban J connectivity index is 2.03. The molecule has 0 aliphatic carbocycles. The van der Waals surface area contributed by atoms with Gasteiger partial charge in [0.2, 0.25) is 0 Å². The predicted molar refractivity (Wildman–Crippen MR) is 73.2 cm³/mol. The first-order chi connectivity index (χ1) is 9.04. The second kappa shape index (κ2) is 6.13. The zero-order valence-corrected chi connectivity index (χ0v) is 11.0. The fourth-order valence-corrected chi connectivity index (χ4v) is 2.17. The molecule has 0 radical (unpaired) electrons. The minimum Gasteiger partial charge on any atom is -0.327 e. The molecule has 0 heterocycles. The van der Waals surface area contributed by atoms with E-state index in [2.05, 4.69) is 0 Å². The van der Waals surface area contributed by atoms with Gasteiger partial charge in [-0.2, -0.15) is 0 Å². The van der Waals surface area contributed by atoms with Crippen molar-refractivity contribution in [2.75, 3.05) is 0 Å². The number of benzene rings is 2. The zero-order valence-electron chi connectivity index (χ0n) is 10.2. The van der Waals surface area contributed by atoms with E-state index in [9.17, 15) is 8.78 Å². The summed E-state index contributed by atoms with van der Waals surface area (Å²) in [5.74, 6) is -0.649. The maximum absolute atomic E-state index is 13.6. The first-order valence-corrected chi connectivity index (χ1v) is 6.36. The van der Waals surface area contributed by atoms with Crippen LogP contribution in [0.5, 0.6) is 0 Å². The van der Waals surface area contributed by atoms with Gasteiger partial charge in [-0.05, 0) is 48.2 Å². The highest BCUT2D eigenvalue weighted by atomic mass is 35.5.